The van der Waals surface area contributed by atoms with Crippen molar-refractivity contribution in [1.29, 1.82) is 0 Å². The fourth-order valence-corrected chi connectivity index (χ4v) is 3.35. The predicted octanol–water partition coefficient (Wildman–Crippen LogP) is 2.62. The molecule has 0 unspecified atom stereocenters. The summed E-state index contributed by atoms with van der Waals surface area (Å²) >= 11 is 0. The Kier molecular flexibility index (Phi) is 2.55. The SMILES string of the molecule is Cc1ccc2c(c1)[C@H]1CN(C)CC[C@@H]1CC2=O. The third-order valence-corrected chi connectivity index (χ3v) is 4.31. The summed E-state index contributed by atoms with van der Waals surface area (Å²) in [6.07, 6.45) is 1.93. The van der Waals surface area contributed by atoms with Crippen LogP contribution >= 0.6 is 0 Å². The highest BCUT2D eigenvalue weighted by molar-refractivity contribution is 5.99. The maximum Gasteiger partial charge on any atom is 0.163 e. The zero-order valence-electron chi connectivity index (χ0n) is 10.6. The first-order valence-electron chi connectivity index (χ1n) is 6.47. The maximum atomic E-state index is 12.1. The van der Waals surface area contributed by atoms with Crippen LogP contribution in [0.3, 0.4) is 0 Å². The summed E-state index contributed by atoms with van der Waals surface area (Å²) in [5.74, 6) is 1.50. The van der Waals surface area contributed by atoms with Gasteiger partial charge >= 0.3 is 0 Å². The van der Waals surface area contributed by atoms with Crippen molar-refractivity contribution in [3.05, 3.63) is 34.9 Å². The maximum absolute atomic E-state index is 12.1. The molecule has 2 heteroatoms. The van der Waals surface area contributed by atoms with Crippen LogP contribution in [0, 0.1) is 12.8 Å². The Morgan fingerprint density at radius 1 is 1.35 bits per heavy atom. The minimum atomic E-state index is 0.353. The van der Waals surface area contributed by atoms with E-state index in [2.05, 4.69) is 31.0 Å². The molecule has 2 atom stereocenters. The minimum Gasteiger partial charge on any atom is -0.306 e. The summed E-state index contributed by atoms with van der Waals surface area (Å²) in [6.45, 7) is 4.35. The molecule has 1 aromatic carbocycles. The normalized spacial score (nSPS) is 28.7. The Bertz CT molecular complexity index is 466. The predicted molar refractivity (Wildman–Crippen MR) is 68.5 cm³/mol. The Morgan fingerprint density at radius 2 is 2.18 bits per heavy atom. The molecular weight excluding hydrogens is 210 g/mol. The number of carbonyl (C=O) groups is 1. The van der Waals surface area contributed by atoms with Gasteiger partial charge in [0, 0.05) is 24.4 Å². The van der Waals surface area contributed by atoms with Crippen LogP contribution in [-0.2, 0) is 0 Å². The molecule has 1 saturated heterocycles. The molecule has 0 bridgehead atoms. The van der Waals surface area contributed by atoms with E-state index in [9.17, 15) is 4.79 Å². The van der Waals surface area contributed by atoms with Crippen LogP contribution < -0.4 is 0 Å². The zero-order chi connectivity index (χ0) is 12.0. The van der Waals surface area contributed by atoms with Crippen LogP contribution in [-0.4, -0.2) is 30.8 Å². The molecule has 0 amide bonds. The highest BCUT2D eigenvalue weighted by atomic mass is 16.1. The Hall–Kier alpha value is -1.15. The molecular formula is C15H19NO. The molecule has 1 fully saturated rings. The summed E-state index contributed by atoms with van der Waals surface area (Å²) in [6, 6.07) is 6.31. The first-order valence-corrected chi connectivity index (χ1v) is 6.47. The zero-order valence-corrected chi connectivity index (χ0v) is 10.6. The number of likely N-dealkylation sites (tertiary alicyclic amines) is 1. The molecule has 1 aliphatic carbocycles. The lowest BCUT2D eigenvalue weighted by molar-refractivity contribution is 0.0887. The third kappa shape index (κ3) is 1.81. The van der Waals surface area contributed by atoms with Crippen molar-refractivity contribution < 1.29 is 4.79 Å². The van der Waals surface area contributed by atoms with Gasteiger partial charge in [0.1, 0.15) is 0 Å². The Balaban J connectivity index is 2.06. The first kappa shape index (κ1) is 11.0. The molecule has 0 N–H and O–H groups in total. The molecule has 0 radical (unpaired) electrons. The van der Waals surface area contributed by atoms with Gasteiger partial charge in [-0.25, -0.2) is 0 Å². The smallest absolute Gasteiger partial charge is 0.163 e. The molecule has 2 nitrogen and oxygen atoms in total. The summed E-state index contributed by atoms with van der Waals surface area (Å²) in [7, 11) is 2.18. The topological polar surface area (TPSA) is 20.3 Å². The fourth-order valence-electron chi connectivity index (χ4n) is 3.35. The lowest BCUT2D eigenvalue weighted by Gasteiger charge is -2.40. The highest BCUT2D eigenvalue weighted by Gasteiger charge is 2.36. The van der Waals surface area contributed by atoms with E-state index >= 15 is 0 Å². The number of rotatable bonds is 0. The van der Waals surface area contributed by atoms with Crippen molar-refractivity contribution in [1.82, 2.24) is 4.90 Å². The van der Waals surface area contributed by atoms with Crippen molar-refractivity contribution in [2.75, 3.05) is 20.1 Å². The fraction of sp³-hybridized carbons (Fsp3) is 0.533. The second-order valence-corrected chi connectivity index (χ2v) is 5.64. The van der Waals surface area contributed by atoms with E-state index in [4.69, 9.17) is 0 Å². The summed E-state index contributed by atoms with van der Waals surface area (Å²) in [4.78, 5) is 14.5. The van der Waals surface area contributed by atoms with Crippen LogP contribution in [0.1, 0.15) is 40.2 Å². The van der Waals surface area contributed by atoms with E-state index in [1.165, 1.54) is 17.5 Å². The average molecular weight is 229 g/mol. The van der Waals surface area contributed by atoms with Gasteiger partial charge in [-0.3, -0.25) is 4.79 Å². The number of hydrogen-bond acceptors (Lipinski definition) is 2. The quantitative estimate of drug-likeness (QED) is 0.681. The van der Waals surface area contributed by atoms with Gasteiger partial charge in [-0.1, -0.05) is 23.8 Å². The molecule has 17 heavy (non-hydrogen) atoms. The van der Waals surface area contributed by atoms with Crippen molar-refractivity contribution in [2.45, 2.75) is 25.7 Å². The van der Waals surface area contributed by atoms with Crippen LogP contribution in [0.25, 0.3) is 0 Å². The van der Waals surface area contributed by atoms with Gasteiger partial charge < -0.3 is 4.90 Å². The highest BCUT2D eigenvalue weighted by Crippen LogP contribution is 2.41. The number of hydrogen-bond donors (Lipinski definition) is 0. The lowest BCUT2D eigenvalue weighted by Crippen LogP contribution is -2.40. The molecule has 90 valence electrons. The number of piperidine rings is 1. The number of ketones is 1. The first-order chi connectivity index (χ1) is 8.15. The molecule has 0 aromatic heterocycles. The molecule has 1 aliphatic heterocycles. The second kappa shape index (κ2) is 3.95. The number of fused-ring (bicyclic) bond motifs is 3. The molecule has 1 heterocycles. The van der Waals surface area contributed by atoms with Crippen molar-refractivity contribution >= 4 is 5.78 Å². The van der Waals surface area contributed by atoms with Crippen molar-refractivity contribution in [2.24, 2.45) is 5.92 Å². The third-order valence-electron chi connectivity index (χ3n) is 4.31. The molecule has 2 aliphatic rings. The van der Waals surface area contributed by atoms with Crippen LogP contribution in [0.5, 0.6) is 0 Å². The van der Waals surface area contributed by atoms with E-state index in [-0.39, 0.29) is 0 Å². The van der Waals surface area contributed by atoms with E-state index in [1.54, 1.807) is 0 Å². The second-order valence-electron chi connectivity index (χ2n) is 5.64. The summed E-state index contributed by atoms with van der Waals surface area (Å²) < 4.78 is 0. The molecule has 0 saturated carbocycles. The van der Waals surface area contributed by atoms with Crippen LogP contribution in [0.15, 0.2) is 18.2 Å². The van der Waals surface area contributed by atoms with Gasteiger partial charge in [0.2, 0.25) is 0 Å². The van der Waals surface area contributed by atoms with E-state index in [0.29, 0.717) is 17.6 Å². The molecule has 1 aromatic rings. The standard InChI is InChI=1S/C15H19NO/c1-10-3-4-12-13(7-10)14-9-16(2)6-5-11(14)8-15(12)17/h3-4,7,11,14H,5-6,8-9H2,1-2H3/t11-,14+/m1/s1. The van der Waals surface area contributed by atoms with E-state index in [0.717, 1.165) is 25.1 Å². The van der Waals surface area contributed by atoms with Gasteiger partial charge in [-0.15, -0.1) is 0 Å². The summed E-state index contributed by atoms with van der Waals surface area (Å²) in [5.41, 5.74) is 3.55. The van der Waals surface area contributed by atoms with Gasteiger partial charge in [0.15, 0.2) is 5.78 Å². The average Bonchev–Trinajstić information content (AvgIpc) is 2.30. The van der Waals surface area contributed by atoms with Gasteiger partial charge in [0.05, 0.1) is 0 Å². The van der Waals surface area contributed by atoms with Crippen LogP contribution in [0.2, 0.25) is 0 Å². The number of Topliss-reactive ketones (excluding diaryl/α,β-unsaturated/α-hetero) is 1. The van der Waals surface area contributed by atoms with Gasteiger partial charge in [-0.05, 0) is 38.4 Å². The number of aryl methyl sites for hydroxylation is 1. The van der Waals surface area contributed by atoms with E-state index in [1.807, 2.05) is 6.07 Å². The number of nitrogens with zero attached hydrogens (tertiary/aromatic N) is 1. The van der Waals surface area contributed by atoms with Gasteiger partial charge in [-0.2, -0.15) is 0 Å². The lowest BCUT2D eigenvalue weighted by atomic mass is 9.71. The van der Waals surface area contributed by atoms with E-state index < -0.39 is 0 Å². The summed E-state index contributed by atoms with van der Waals surface area (Å²) in [5, 5.41) is 0. The largest absolute Gasteiger partial charge is 0.306 e. The van der Waals surface area contributed by atoms with Crippen molar-refractivity contribution in [3.8, 4) is 0 Å². The number of benzene rings is 1. The Labute approximate surface area is 103 Å². The minimum absolute atomic E-state index is 0.353. The van der Waals surface area contributed by atoms with Crippen LogP contribution in [0.4, 0.5) is 0 Å². The molecule has 0 spiro atoms. The van der Waals surface area contributed by atoms with Gasteiger partial charge in [0.25, 0.3) is 0 Å². The molecule has 3 rings (SSSR count). The number of likely N-dealkylation sites (N-methyl/N-ethyl adjacent to an activating group) is 1. The Morgan fingerprint density at radius 3 is 3.00 bits per heavy atom. The van der Waals surface area contributed by atoms with Crippen molar-refractivity contribution in [3.63, 3.8) is 0 Å². The number of carbonyl (C=O) groups excluding carboxylic acids is 1. The monoisotopic (exact) mass is 229 g/mol.